The summed E-state index contributed by atoms with van der Waals surface area (Å²) >= 11 is 0. The van der Waals surface area contributed by atoms with Gasteiger partial charge in [-0.15, -0.1) is 0 Å². The minimum absolute atomic E-state index is 0. The second-order valence-corrected chi connectivity index (χ2v) is 1.52. The molecule has 0 amide bonds. The first kappa shape index (κ1) is 11.8. The van der Waals surface area contributed by atoms with Gasteiger partial charge >= 0.3 is 5.97 Å². The Kier molecular flexibility index (Phi) is 9.59. The number of hydrogen-bond donors (Lipinski definition) is 2. The second-order valence-electron chi connectivity index (χ2n) is 1.52. The second kappa shape index (κ2) is 8.10. The predicted octanol–water partition coefficient (Wildman–Crippen LogP) is 0.410. The Balaban J connectivity index is -0.000000140. The Morgan fingerprint density at radius 1 is 1.80 bits per heavy atom. The van der Waals surface area contributed by atoms with Crippen LogP contribution in [0.3, 0.4) is 0 Å². The SMILES string of the molecule is CCN.COC(=O)C(C)=N.[HH]. The van der Waals surface area contributed by atoms with Crippen molar-refractivity contribution >= 4 is 11.7 Å². The zero-order chi connectivity index (χ0) is 8.57. The summed E-state index contributed by atoms with van der Waals surface area (Å²) in [5.41, 5.74) is 4.78. The van der Waals surface area contributed by atoms with E-state index in [2.05, 4.69) is 4.74 Å². The van der Waals surface area contributed by atoms with Crippen LogP contribution in [0.15, 0.2) is 0 Å². The predicted molar refractivity (Wildman–Crippen MR) is 42.3 cm³/mol. The summed E-state index contributed by atoms with van der Waals surface area (Å²) in [6, 6.07) is 0. The molecule has 0 aliphatic heterocycles. The highest BCUT2D eigenvalue weighted by molar-refractivity contribution is 6.33. The van der Waals surface area contributed by atoms with Crippen molar-refractivity contribution in [2.75, 3.05) is 13.7 Å². The molecule has 4 heteroatoms. The Labute approximate surface area is 62.4 Å². The maximum atomic E-state index is 10.1. The van der Waals surface area contributed by atoms with E-state index in [4.69, 9.17) is 11.1 Å². The molecule has 62 valence electrons. The monoisotopic (exact) mass is 148 g/mol. The van der Waals surface area contributed by atoms with Crippen LogP contribution in [0.1, 0.15) is 15.3 Å². The number of esters is 1. The van der Waals surface area contributed by atoms with E-state index >= 15 is 0 Å². The van der Waals surface area contributed by atoms with Crippen molar-refractivity contribution in [3.63, 3.8) is 0 Å². The van der Waals surface area contributed by atoms with Gasteiger partial charge in [0.15, 0.2) is 0 Å². The number of ether oxygens (including phenoxy) is 1. The third-order valence-corrected chi connectivity index (χ3v) is 0.492. The molecule has 0 saturated heterocycles. The van der Waals surface area contributed by atoms with Crippen LogP contribution in [-0.4, -0.2) is 25.3 Å². The Morgan fingerprint density at radius 3 is 2.10 bits per heavy atom. The molecule has 0 aromatic rings. The van der Waals surface area contributed by atoms with Gasteiger partial charge in [0.05, 0.1) is 7.11 Å². The highest BCUT2D eigenvalue weighted by atomic mass is 16.5. The maximum Gasteiger partial charge on any atom is 0.351 e. The number of carbonyl (C=O) groups excluding carboxylic acids is 1. The molecule has 0 atom stereocenters. The normalized spacial score (nSPS) is 7.20. The number of rotatable bonds is 1. The molecule has 0 aromatic carbocycles. The highest BCUT2D eigenvalue weighted by Gasteiger charge is 1.98. The Bertz CT molecular complexity index is 117. The van der Waals surface area contributed by atoms with Gasteiger partial charge in [0.1, 0.15) is 5.71 Å². The average Bonchev–Trinajstić information content (AvgIpc) is 1.88. The average molecular weight is 148 g/mol. The first-order valence-electron chi connectivity index (χ1n) is 2.93. The quantitative estimate of drug-likeness (QED) is 0.417. The topological polar surface area (TPSA) is 76.2 Å². The van der Waals surface area contributed by atoms with E-state index in [0.29, 0.717) is 0 Å². The van der Waals surface area contributed by atoms with Gasteiger partial charge in [0.25, 0.3) is 0 Å². The molecule has 0 unspecified atom stereocenters. The lowest BCUT2D eigenvalue weighted by atomic mass is 10.4. The summed E-state index contributed by atoms with van der Waals surface area (Å²) in [6.45, 7) is 4.03. The summed E-state index contributed by atoms with van der Waals surface area (Å²) in [5.74, 6) is -0.569. The highest BCUT2D eigenvalue weighted by Crippen LogP contribution is 1.72. The van der Waals surface area contributed by atoms with Gasteiger partial charge < -0.3 is 10.5 Å². The molecule has 0 aromatic heterocycles. The van der Waals surface area contributed by atoms with Crippen LogP contribution in [0.5, 0.6) is 0 Å². The molecule has 0 rings (SSSR count). The summed E-state index contributed by atoms with van der Waals surface area (Å²) in [5, 5.41) is 6.63. The lowest BCUT2D eigenvalue weighted by molar-refractivity contribution is -0.132. The van der Waals surface area contributed by atoms with Crippen LogP contribution >= 0.6 is 0 Å². The molecule has 0 heterocycles. The van der Waals surface area contributed by atoms with Crippen LogP contribution in [0, 0.1) is 5.41 Å². The van der Waals surface area contributed by atoms with Crippen molar-refractivity contribution in [2.24, 2.45) is 5.73 Å². The molecule has 0 radical (unpaired) electrons. The van der Waals surface area contributed by atoms with Gasteiger partial charge in [0, 0.05) is 1.43 Å². The van der Waals surface area contributed by atoms with Crippen LogP contribution in [0.2, 0.25) is 0 Å². The molecule has 3 N–H and O–H groups in total. The van der Waals surface area contributed by atoms with Crippen LogP contribution in [0.25, 0.3) is 0 Å². The van der Waals surface area contributed by atoms with Gasteiger partial charge in [-0.25, -0.2) is 4.79 Å². The van der Waals surface area contributed by atoms with E-state index in [0.717, 1.165) is 6.54 Å². The van der Waals surface area contributed by atoms with Crippen LogP contribution < -0.4 is 5.73 Å². The number of carbonyl (C=O) groups is 1. The molecule has 0 spiro atoms. The van der Waals surface area contributed by atoms with Crippen molar-refractivity contribution in [1.29, 1.82) is 5.41 Å². The summed E-state index contributed by atoms with van der Waals surface area (Å²) in [4.78, 5) is 10.1. The summed E-state index contributed by atoms with van der Waals surface area (Å²) in [7, 11) is 1.25. The number of hydrogen-bond acceptors (Lipinski definition) is 4. The fraction of sp³-hybridized carbons (Fsp3) is 0.667. The molecule has 0 saturated carbocycles. The van der Waals surface area contributed by atoms with E-state index in [1.54, 1.807) is 0 Å². The van der Waals surface area contributed by atoms with Gasteiger partial charge in [-0.2, -0.15) is 0 Å². The van der Waals surface area contributed by atoms with E-state index < -0.39 is 5.97 Å². The molecule has 0 aliphatic carbocycles. The van der Waals surface area contributed by atoms with Crippen LogP contribution in [0.4, 0.5) is 0 Å². The van der Waals surface area contributed by atoms with E-state index in [1.165, 1.54) is 14.0 Å². The summed E-state index contributed by atoms with van der Waals surface area (Å²) < 4.78 is 4.15. The van der Waals surface area contributed by atoms with Crippen molar-refractivity contribution < 1.29 is 11.0 Å². The van der Waals surface area contributed by atoms with E-state index in [9.17, 15) is 4.79 Å². The first-order chi connectivity index (χ1) is 4.59. The zero-order valence-corrected chi connectivity index (χ0v) is 6.60. The fourth-order valence-electron chi connectivity index (χ4n) is 0.153. The van der Waals surface area contributed by atoms with Crippen molar-refractivity contribution in [3.8, 4) is 0 Å². The molecule has 0 bridgehead atoms. The van der Waals surface area contributed by atoms with E-state index in [-0.39, 0.29) is 7.14 Å². The van der Waals surface area contributed by atoms with Crippen molar-refractivity contribution in [3.05, 3.63) is 0 Å². The van der Waals surface area contributed by atoms with Crippen LogP contribution in [-0.2, 0) is 9.53 Å². The zero-order valence-electron chi connectivity index (χ0n) is 6.60. The van der Waals surface area contributed by atoms with Gasteiger partial charge in [-0.3, -0.25) is 5.41 Å². The Hall–Kier alpha value is -0.900. The first-order valence-corrected chi connectivity index (χ1v) is 2.93. The lowest BCUT2D eigenvalue weighted by Gasteiger charge is -1.89. The fourth-order valence-corrected chi connectivity index (χ4v) is 0.153. The summed E-state index contributed by atoms with van der Waals surface area (Å²) in [6.07, 6.45) is 0. The largest absolute Gasteiger partial charge is 0.465 e. The Morgan fingerprint density at radius 2 is 2.10 bits per heavy atom. The molecule has 0 fully saturated rings. The molecular weight excluding hydrogens is 132 g/mol. The molecule has 0 aliphatic rings. The smallest absolute Gasteiger partial charge is 0.351 e. The van der Waals surface area contributed by atoms with Crippen molar-refractivity contribution in [1.82, 2.24) is 0 Å². The third-order valence-electron chi connectivity index (χ3n) is 0.492. The molecule has 4 nitrogen and oxygen atoms in total. The van der Waals surface area contributed by atoms with Crippen molar-refractivity contribution in [2.45, 2.75) is 13.8 Å². The molecular formula is C6H16N2O2. The van der Waals surface area contributed by atoms with E-state index in [1.807, 2.05) is 6.92 Å². The number of methoxy groups -OCH3 is 1. The number of nitrogens with one attached hydrogen (secondary N) is 1. The number of nitrogens with two attached hydrogens (primary N) is 1. The van der Waals surface area contributed by atoms with Gasteiger partial charge in [-0.1, -0.05) is 6.92 Å². The third kappa shape index (κ3) is 10.2. The lowest BCUT2D eigenvalue weighted by Crippen LogP contribution is -2.09. The minimum atomic E-state index is -0.569. The minimum Gasteiger partial charge on any atom is -0.465 e. The van der Waals surface area contributed by atoms with Gasteiger partial charge in [0.2, 0.25) is 0 Å². The standard InChI is InChI=1S/C4H7NO2.C2H7N.H2/c1-3(5)4(6)7-2;1-2-3;/h5H,1-2H3;2-3H2,1H3;1H. The molecule has 10 heavy (non-hydrogen) atoms. The van der Waals surface area contributed by atoms with Gasteiger partial charge in [-0.05, 0) is 13.5 Å². The maximum absolute atomic E-state index is 10.1.